The molecule has 0 aliphatic carbocycles. The standard InChI is InChI=1S/C5H5FN2O2S/c6-3(4(9)10)2-1-11-5(7)8-2/h1,3H,(H2,7,8)(H,9,10). The minimum absolute atomic E-state index is 0.139. The maximum atomic E-state index is 12.6. The number of aromatic nitrogens is 1. The SMILES string of the molecule is Nc1nc(C(F)C(=O)O)cs1. The summed E-state index contributed by atoms with van der Waals surface area (Å²) >= 11 is 1.01. The highest BCUT2D eigenvalue weighted by molar-refractivity contribution is 7.13. The van der Waals surface area contributed by atoms with Gasteiger partial charge in [-0.15, -0.1) is 11.3 Å². The molecule has 0 fully saturated rings. The van der Waals surface area contributed by atoms with E-state index in [1.807, 2.05) is 0 Å². The van der Waals surface area contributed by atoms with Gasteiger partial charge in [0.25, 0.3) is 0 Å². The number of hydrogen-bond donors (Lipinski definition) is 2. The maximum Gasteiger partial charge on any atom is 0.344 e. The quantitative estimate of drug-likeness (QED) is 0.699. The van der Waals surface area contributed by atoms with Crippen LogP contribution in [-0.2, 0) is 4.79 Å². The summed E-state index contributed by atoms with van der Waals surface area (Å²) in [6.45, 7) is 0. The van der Waals surface area contributed by atoms with Crippen molar-refractivity contribution in [1.29, 1.82) is 0 Å². The van der Waals surface area contributed by atoms with E-state index in [0.29, 0.717) is 0 Å². The van der Waals surface area contributed by atoms with Gasteiger partial charge in [0.1, 0.15) is 0 Å². The number of hydrogen-bond acceptors (Lipinski definition) is 4. The lowest BCUT2D eigenvalue weighted by Gasteiger charge is -1.95. The minimum atomic E-state index is -2.07. The lowest BCUT2D eigenvalue weighted by atomic mass is 10.3. The van der Waals surface area contributed by atoms with E-state index in [1.54, 1.807) is 0 Å². The number of aliphatic carboxylic acids is 1. The van der Waals surface area contributed by atoms with E-state index in [1.165, 1.54) is 5.38 Å². The molecule has 0 aromatic carbocycles. The van der Waals surface area contributed by atoms with Crippen molar-refractivity contribution >= 4 is 22.4 Å². The molecule has 1 rings (SSSR count). The zero-order valence-electron chi connectivity index (χ0n) is 5.32. The van der Waals surface area contributed by atoms with Crippen molar-refractivity contribution in [2.75, 3.05) is 5.73 Å². The second-order valence-electron chi connectivity index (χ2n) is 1.81. The van der Waals surface area contributed by atoms with Gasteiger partial charge < -0.3 is 10.8 Å². The molecular weight excluding hydrogens is 171 g/mol. The molecule has 4 nitrogen and oxygen atoms in total. The van der Waals surface area contributed by atoms with Gasteiger partial charge in [-0.1, -0.05) is 0 Å². The fraction of sp³-hybridized carbons (Fsp3) is 0.200. The third-order valence-corrected chi connectivity index (χ3v) is 1.71. The molecular formula is C5H5FN2O2S. The van der Waals surface area contributed by atoms with Crippen molar-refractivity contribution in [3.05, 3.63) is 11.1 Å². The largest absolute Gasteiger partial charge is 0.479 e. The molecule has 1 atom stereocenters. The average Bonchev–Trinajstić information content (AvgIpc) is 2.34. The number of carbonyl (C=O) groups is 1. The van der Waals surface area contributed by atoms with Crippen LogP contribution in [0.4, 0.5) is 9.52 Å². The smallest absolute Gasteiger partial charge is 0.344 e. The molecule has 0 spiro atoms. The van der Waals surface area contributed by atoms with Gasteiger partial charge in [-0.25, -0.2) is 14.2 Å². The Hall–Kier alpha value is -1.17. The summed E-state index contributed by atoms with van der Waals surface area (Å²) in [4.78, 5) is 13.5. The predicted octanol–water partition coefficient (Wildman–Crippen LogP) is 0.821. The molecule has 1 unspecified atom stereocenters. The Morgan fingerprint density at radius 1 is 1.91 bits per heavy atom. The van der Waals surface area contributed by atoms with Gasteiger partial charge >= 0.3 is 5.97 Å². The molecule has 6 heteroatoms. The number of rotatable bonds is 2. The summed E-state index contributed by atoms with van der Waals surface area (Å²) in [6.07, 6.45) is -2.07. The van der Waals surface area contributed by atoms with Crippen LogP contribution in [0.1, 0.15) is 11.9 Å². The topological polar surface area (TPSA) is 76.2 Å². The van der Waals surface area contributed by atoms with E-state index in [-0.39, 0.29) is 10.8 Å². The van der Waals surface area contributed by atoms with Crippen LogP contribution < -0.4 is 5.73 Å². The maximum absolute atomic E-state index is 12.6. The van der Waals surface area contributed by atoms with Crippen molar-refractivity contribution < 1.29 is 14.3 Å². The number of nitrogens with zero attached hydrogens (tertiary/aromatic N) is 1. The summed E-state index contributed by atoms with van der Waals surface area (Å²) in [5.74, 6) is -1.55. The monoisotopic (exact) mass is 176 g/mol. The van der Waals surface area contributed by atoms with Gasteiger partial charge in [0.15, 0.2) is 5.13 Å². The number of thiazole rings is 1. The van der Waals surface area contributed by atoms with Crippen LogP contribution in [0.5, 0.6) is 0 Å². The molecule has 0 radical (unpaired) electrons. The second kappa shape index (κ2) is 2.83. The molecule has 0 amide bonds. The zero-order chi connectivity index (χ0) is 8.43. The number of nitrogen functional groups attached to an aromatic ring is 1. The molecule has 60 valence electrons. The fourth-order valence-corrected chi connectivity index (χ4v) is 1.12. The number of carboxylic acid groups (broad SMARTS) is 1. The zero-order valence-corrected chi connectivity index (χ0v) is 6.14. The average molecular weight is 176 g/mol. The summed E-state index contributed by atoms with van der Waals surface area (Å²) in [7, 11) is 0. The van der Waals surface area contributed by atoms with E-state index >= 15 is 0 Å². The third-order valence-electron chi connectivity index (χ3n) is 1.02. The van der Waals surface area contributed by atoms with Crippen LogP contribution >= 0.6 is 11.3 Å². The van der Waals surface area contributed by atoms with Gasteiger partial charge in [0, 0.05) is 5.38 Å². The van der Waals surface area contributed by atoms with Crippen LogP contribution in [-0.4, -0.2) is 16.1 Å². The number of halogens is 1. The Morgan fingerprint density at radius 2 is 2.55 bits per heavy atom. The van der Waals surface area contributed by atoms with Crippen molar-refractivity contribution in [3.8, 4) is 0 Å². The van der Waals surface area contributed by atoms with E-state index in [0.717, 1.165) is 11.3 Å². The van der Waals surface area contributed by atoms with Crippen LogP contribution in [0.15, 0.2) is 5.38 Å². The summed E-state index contributed by atoms with van der Waals surface area (Å²) in [5, 5.41) is 9.65. The highest BCUT2D eigenvalue weighted by atomic mass is 32.1. The van der Waals surface area contributed by atoms with Crippen LogP contribution in [0.25, 0.3) is 0 Å². The first-order valence-corrected chi connectivity index (χ1v) is 3.57. The van der Waals surface area contributed by atoms with E-state index in [2.05, 4.69) is 4.98 Å². The Morgan fingerprint density at radius 3 is 2.91 bits per heavy atom. The van der Waals surface area contributed by atoms with Crippen molar-refractivity contribution in [3.63, 3.8) is 0 Å². The summed E-state index contributed by atoms with van der Waals surface area (Å²) < 4.78 is 12.6. The lowest BCUT2D eigenvalue weighted by Crippen LogP contribution is -2.06. The Balaban J connectivity index is 2.84. The van der Waals surface area contributed by atoms with E-state index in [9.17, 15) is 9.18 Å². The van der Waals surface area contributed by atoms with Gasteiger partial charge in [-0.2, -0.15) is 0 Å². The van der Waals surface area contributed by atoms with Crippen LogP contribution in [0.3, 0.4) is 0 Å². The summed E-state index contributed by atoms with van der Waals surface area (Å²) in [5.41, 5.74) is 5.03. The molecule has 1 heterocycles. The molecule has 0 saturated carbocycles. The normalized spacial score (nSPS) is 12.8. The molecule has 11 heavy (non-hydrogen) atoms. The van der Waals surface area contributed by atoms with E-state index < -0.39 is 12.1 Å². The third kappa shape index (κ3) is 1.64. The van der Waals surface area contributed by atoms with Gasteiger partial charge in [0.2, 0.25) is 6.17 Å². The Kier molecular flexibility index (Phi) is 2.04. The molecule has 0 saturated heterocycles. The van der Waals surface area contributed by atoms with E-state index in [4.69, 9.17) is 10.8 Å². The minimum Gasteiger partial charge on any atom is -0.479 e. The molecule has 1 aromatic rings. The van der Waals surface area contributed by atoms with Crippen LogP contribution in [0, 0.1) is 0 Å². The first kappa shape index (κ1) is 7.93. The van der Waals surface area contributed by atoms with Crippen molar-refractivity contribution in [2.45, 2.75) is 6.17 Å². The summed E-state index contributed by atoms with van der Waals surface area (Å²) in [6, 6.07) is 0. The first-order chi connectivity index (χ1) is 5.11. The van der Waals surface area contributed by atoms with Gasteiger partial charge in [-0.3, -0.25) is 0 Å². The number of nitrogens with two attached hydrogens (primary N) is 1. The highest BCUT2D eigenvalue weighted by Gasteiger charge is 2.20. The predicted molar refractivity (Wildman–Crippen MR) is 38.0 cm³/mol. The molecule has 0 aliphatic rings. The molecule has 3 N–H and O–H groups in total. The Labute approximate surface area is 65.5 Å². The number of anilines is 1. The van der Waals surface area contributed by atoms with Crippen molar-refractivity contribution in [2.24, 2.45) is 0 Å². The number of carboxylic acids is 1. The van der Waals surface area contributed by atoms with Crippen LogP contribution in [0.2, 0.25) is 0 Å². The first-order valence-electron chi connectivity index (χ1n) is 2.69. The van der Waals surface area contributed by atoms with Crippen molar-refractivity contribution in [1.82, 2.24) is 4.98 Å². The second-order valence-corrected chi connectivity index (χ2v) is 2.70. The fourth-order valence-electron chi connectivity index (χ4n) is 0.544. The number of alkyl halides is 1. The lowest BCUT2D eigenvalue weighted by molar-refractivity contribution is -0.143. The highest BCUT2D eigenvalue weighted by Crippen LogP contribution is 2.20. The van der Waals surface area contributed by atoms with Gasteiger partial charge in [0.05, 0.1) is 5.69 Å². The molecule has 1 aromatic heterocycles. The molecule has 0 bridgehead atoms. The van der Waals surface area contributed by atoms with Gasteiger partial charge in [-0.05, 0) is 0 Å². The molecule has 0 aliphatic heterocycles. The Bertz CT molecular complexity index is 275.